The molecule has 1 fully saturated rings. The van der Waals surface area contributed by atoms with Crippen LogP contribution in [-0.4, -0.2) is 86.8 Å². The van der Waals surface area contributed by atoms with Crippen molar-refractivity contribution in [2.24, 2.45) is 11.3 Å². The normalized spacial score (nSPS) is 22.8. The molecule has 0 bridgehead atoms. The molecule has 1 aromatic rings. The molecule has 1 heterocycles. The second-order valence-electron chi connectivity index (χ2n) is 16.1. The van der Waals surface area contributed by atoms with Crippen LogP contribution in [0.2, 0.25) is 43.8 Å². The van der Waals surface area contributed by atoms with E-state index in [9.17, 15) is 9.59 Å². The van der Waals surface area contributed by atoms with Gasteiger partial charge in [-0.2, -0.15) is 0 Å². The monoisotopic (exact) mass is 682 g/mol. The lowest BCUT2D eigenvalue weighted by atomic mass is 9.85. The predicted octanol–water partition coefficient (Wildman–Crippen LogP) is 7.25. The van der Waals surface area contributed by atoms with Crippen molar-refractivity contribution in [1.82, 2.24) is 0 Å². The van der Waals surface area contributed by atoms with Crippen LogP contribution < -0.4 is 4.74 Å². The first kappa shape index (κ1) is 40.6. The van der Waals surface area contributed by atoms with E-state index in [4.69, 9.17) is 32.8 Å². The summed E-state index contributed by atoms with van der Waals surface area (Å²) < 4.78 is 43.1. The van der Waals surface area contributed by atoms with Crippen molar-refractivity contribution in [3.8, 4) is 5.75 Å². The van der Waals surface area contributed by atoms with Crippen LogP contribution in [-0.2, 0) is 44.3 Å². The standard InChI is InChI=1S/C35H62O9Si2/c1-34(2,3)33(37)41-19-13-14-29-28(24-40-23-26-15-17-27(38-7)18-16-26)31(42-25-39-20-21-45(8,9)10)32(30(22-36)43-29)44-46(11,12)35(4,5)6/h15-18,22,28-32H,13-14,19-21,23-25H2,1-12H3/t28-,29-,30-,31+,32+/m1/s1. The molecule has 9 nitrogen and oxygen atoms in total. The molecule has 0 N–H and O–H groups in total. The predicted molar refractivity (Wildman–Crippen MR) is 186 cm³/mol. The van der Waals surface area contributed by atoms with Crippen molar-refractivity contribution in [3.05, 3.63) is 29.8 Å². The average molecular weight is 683 g/mol. The maximum atomic E-state index is 12.6. The average Bonchev–Trinajstić information content (AvgIpc) is 2.95. The van der Waals surface area contributed by atoms with Crippen LogP contribution >= 0.6 is 0 Å². The highest BCUT2D eigenvalue weighted by molar-refractivity contribution is 6.76. The fraction of sp³-hybridized carbons (Fsp3) is 0.771. The largest absolute Gasteiger partial charge is 0.497 e. The molecule has 0 radical (unpaired) electrons. The van der Waals surface area contributed by atoms with Crippen molar-refractivity contribution < 1.29 is 42.4 Å². The summed E-state index contributed by atoms with van der Waals surface area (Å²) in [4.78, 5) is 25.0. The topological polar surface area (TPSA) is 98.8 Å². The lowest BCUT2D eigenvalue weighted by Crippen LogP contribution is -2.61. The zero-order valence-corrected chi connectivity index (χ0v) is 32.6. The van der Waals surface area contributed by atoms with Crippen molar-refractivity contribution in [1.29, 1.82) is 0 Å². The highest BCUT2D eigenvalue weighted by Crippen LogP contribution is 2.41. The molecule has 0 saturated carbocycles. The molecule has 0 aromatic heterocycles. The lowest BCUT2D eigenvalue weighted by Gasteiger charge is -2.49. The van der Waals surface area contributed by atoms with Crippen LogP contribution in [0.15, 0.2) is 24.3 Å². The molecule has 1 aliphatic rings. The summed E-state index contributed by atoms with van der Waals surface area (Å²) in [5, 5.41) is -0.0903. The molecule has 11 heteroatoms. The molecule has 1 aromatic carbocycles. The number of benzene rings is 1. The van der Waals surface area contributed by atoms with Crippen LogP contribution in [0, 0.1) is 11.3 Å². The first-order valence-corrected chi connectivity index (χ1v) is 23.3. The molecule has 0 spiro atoms. The lowest BCUT2D eigenvalue weighted by molar-refractivity contribution is -0.234. The third kappa shape index (κ3) is 13.1. The summed E-state index contributed by atoms with van der Waals surface area (Å²) in [6, 6.07) is 8.79. The van der Waals surface area contributed by atoms with Crippen LogP contribution in [0.3, 0.4) is 0 Å². The van der Waals surface area contributed by atoms with Gasteiger partial charge in [0.2, 0.25) is 0 Å². The van der Waals surface area contributed by atoms with E-state index < -0.39 is 40.1 Å². The molecular formula is C35H62O9Si2. The van der Waals surface area contributed by atoms with E-state index in [2.05, 4.69) is 53.5 Å². The van der Waals surface area contributed by atoms with Gasteiger partial charge < -0.3 is 37.6 Å². The summed E-state index contributed by atoms with van der Waals surface area (Å²) in [5.74, 6) is 0.273. The fourth-order valence-electron chi connectivity index (χ4n) is 4.75. The number of hydrogen-bond acceptors (Lipinski definition) is 9. The molecule has 1 aliphatic heterocycles. The third-order valence-electron chi connectivity index (χ3n) is 8.81. The van der Waals surface area contributed by atoms with E-state index in [1.54, 1.807) is 7.11 Å². The molecule has 1 saturated heterocycles. The molecule has 2 rings (SSSR count). The second-order valence-corrected chi connectivity index (χ2v) is 26.5. The molecule has 0 aliphatic carbocycles. The van der Waals surface area contributed by atoms with E-state index in [1.165, 1.54) is 0 Å². The molecule has 0 amide bonds. The summed E-state index contributed by atoms with van der Waals surface area (Å²) in [6.45, 7) is 25.0. The van der Waals surface area contributed by atoms with Gasteiger partial charge in [0.1, 0.15) is 24.8 Å². The smallest absolute Gasteiger partial charge is 0.311 e. The van der Waals surface area contributed by atoms with Crippen molar-refractivity contribution in [2.75, 3.05) is 33.7 Å². The number of aldehydes is 1. The quantitative estimate of drug-likeness (QED) is 0.0521. The van der Waals surface area contributed by atoms with Gasteiger partial charge in [-0.3, -0.25) is 4.79 Å². The Morgan fingerprint density at radius 2 is 1.59 bits per heavy atom. The zero-order valence-electron chi connectivity index (χ0n) is 30.6. The van der Waals surface area contributed by atoms with Crippen molar-refractivity contribution >= 4 is 28.6 Å². The minimum Gasteiger partial charge on any atom is -0.497 e. The van der Waals surface area contributed by atoms with Crippen LogP contribution in [0.25, 0.3) is 0 Å². The number of carbonyl (C=O) groups excluding carboxylic acids is 2. The SMILES string of the molecule is COc1ccc(COC[C@H]2[C@H](OCOCC[Si](C)(C)C)[C@@H](O[Si](C)(C)C(C)(C)C)[C@@H](C=O)O[C@@H]2CCCOC(=O)C(C)(C)C)cc1. The number of carbonyl (C=O) groups is 2. The van der Waals surface area contributed by atoms with E-state index in [1.807, 2.05) is 45.0 Å². The summed E-state index contributed by atoms with van der Waals surface area (Å²) >= 11 is 0. The number of rotatable bonds is 18. The minimum absolute atomic E-state index is 0.0863. The van der Waals surface area contributed by atoms with E-state index in [-0.39, 0.29) is 36.4 Å². The van der Waals surface area contributed by atoms with Crippen molar-refractivity contribution in [2.45, 2.75) is 129 Å². The van der Waals surface area contributed by atoms with Crippen LogP contribution in [0.4, 0.5) is 0 Å². The van der Waals surface area contributed by atoms with Gasteiger partial charge in [0.15, 0.2) is 14.6 Å². The summed E-state index contributed by atoms with van der Waals surface area (Å²) in [6.07, 6.45) is -0.374. The first-order valence-electron chi connectivity index (χ1n) is 16.6. The zero-order chi connectivity index (χ0) is 34.8. The molecule has 0 unspecified atom stereocenters. The number of hydrogen-bond donors (Lipinski definition) is 0. The summed E-state index contributed by atoms with van der Waals surface area (Å²) in [5.41, 5.74) is 0.431. The number of ether oxygens (including phenoxy) is 6. The van der Waals surface area contributed by atoms with Gasteiger partial charge in [0.05, 0.1) is 44.6 Å². The van der Waals surface area contributed by atoms with Crippen molar-refractivity contribution in [3.63, 3.8) is 0 Å². The Balaban J connectivity index is 2.34. The molecule has 264 valence electrons. The van der Waals surface area contributed by atoms with Gasteiger partial charge in [-0.05, 0) is 75.5 Å². The first-order chi connectivity index (χ1) is 21.3. The van der Waals surface area contributed by atoms with Gasteiger partial charge in [-0.1, -0.05) is 52.5 Å². The van der Waals surface area contributed by atoms with Gasteiger partial charge in [-0.25, -0.2) is 0 Å². The highest BCUT2D eigenvalue weighted by Gasteiger charge is 2.51. The Labute approximate surface area is 280 Å². The Kier molecular flexibility index (Phi) is 15.6. The Morgan fingerprint density at radius 3 is 2.13 bits per heavy atom. The molecule has 46 heavy (non-hydrogen) atoms. The Morgan fingerprint density at radius 1 is 0.935 bits per heavy atom. The number of esters is 1. The van der Waals surface area contributed by atoms with E-state index in [0.717, 1.165) is 23.6 Å². The van der Waals surface area contributed by atoms with Crippen LogP contribution in [0.5, 0.6) is 5.75 Å². The Hall–Kier alpha value is -1.61. The minimum atomic E-state index is -2.34. The maximum Gasteiger partial charge on any atom is 0.311 e. The van der Waals surface area contributed by atoms with E-state index >= 15 is 0 Å². The van der Waals surface area contributed by atoms with Crippen LogP contribution in [0.1, 0.15) is 59.9 Å². The molecule has 5 atom stereocenters. The Bertz CT molecular complexity index is 1060. The van der Waals surface area contributed by atoms with Gasteiger partial charge >= 0.3 is 5.97 Å². The van der Waals surface area contributed by atoms with Gasteiger partial charge in [0.25, 0.3) is 0 Å². The molecular weight excluding hydrogens is 621 g/mol. The second kappa shape index (κ2) is 17.7. The third-order valence-corrected chi connectivity index (χ3v) is 15.0. The fourth-order valence-corrected chi connectivity index (χ4v) is 6.81. The summed E-state index contributed by atoms with van der Waals surface area (Å²) in [7, 11) is -1.98. The van der Waals surface area contributed by atoms with Gasteiger partial charge in [0, 0.05) is 20.6 Å². The number of methoxy groups -OCH3 is 1. The highest BCUT2D eigenvalue weighted by atomic mass is 28.4. The maximum absolute atomic E-state index is 12.6. The van der Waals surface area contributed by atoms with Gasteiger partial charge in [-0.15, -0.1) is 0 Å². The van der Waals surface area contributed by atoms with E-state index in [0.29, 0.717) is 32.7 Å².